The first kappa shape index (κ1) is 31.4. The van der Waals surface area contributed by atoms with E-state index >= 15 is 0 Å². The molecule has 246 valence electrons. The highest BCUT2D eigenvalue weighted by Gasteiger charge is 2.36. The molecule has 0 bridgehead atoms. The summed E-state index contributed by atoms with van der Waals surface area (Å²) in [4.78, 5) is 3.83. The van der Waals surface area contributed by atoms with E-state index in [-0.39, 0.29) is 5.41 Å². The number of nitrogens with zero attached hydrogens (tertiary/aromatic N) is 1. The van der Waals surface area contributed by atoms with Crippen molar-refractivity contribution in [2.45, 2.75) is 30.6 Å². The minimum absolute atomic E-state index is 0.106. The average molecular weight is 674 g/mol. The molecule has 9 rings (SSSR count). The van der Waals surface area contributed by atoms with Crippen LogP contribution in [-0.2, 0) is 11.8 Å². The molecular formula is C49H39NS. The predicted molar refractivity (Wildman–Crippen MR) is 220 cm³/mol. The highest BCUT2D eigenvalue weighted by atomic mass is 32.2. The fraction of sp³-hybridized carbons (Fsp3) is 0.102. The maximum absolute atomic E-state index is 2.48. The molecule has 7 aromatic rings. The van der Waals surface area contributed by atoms with Gasteiger partial charge in [-0.15, -0.1) is 11.8 Å². The first-order valence-electron chi connectivity index (χ1n) is 17.9. The molecule has 0 aromatic heterocycles. The molecule has 0 saturated carbocycles. The van der Waals surface area contributed by atoms with Crippen LogP contribution in [0, 0.1) is 0 Å². The molecule has 0 radical (unpaired) electrons. The Balaban J connectivity index is 1.27. The van der Waals surface area contributed by atoms with Gasteiger partial charge in [0.1, 0.15) is 0 Å². The number of hydrogen-bond acceptors (Lipinski definition) is 2. The molecule has 0 saturated heterocycles. The third-order valence-electron chi connectivity index (χ3n) is 10.6. The van der Waals surface area contributed by atoms with E-state index in [2.05, 4.69) is 195 Å². The molecule has 2 heteroatoms. The van der Waals surface area contributed by atoms with E-state index < -0.39 is 0 Å². The molecule has 0 atom stereocenters. The van der Waals surface area contributed by atoms with Crippen LogP contribution in [0.4, 0.5) is 17.1 Å². The van der Waals surface area contributed by atoms with Gasteiger partial charge in [-0.05, 0) is 104 Å². The van der Waals surface area contributed by atoms with Crippen LogP contribution in [0.3, 0.4) is 0 Å². The molecule has 51 heavy (non-hydrogen) atoms. The Morgan fingerprint density at radius 3 is 2.14 bits per heavy atom. The van der Waals surface area contributed by atoms with Gasteiger partial charge < -0.3 is 4.90 Å². The van der Waals surface area contributed by atoms with E-state index in [4.69, 9.17) is 0 Å². The second-order valence-electron chi connectivity index (χ2n) is 14.0. The fourth-order valence-corrected chi connectivity index (χ4v) is 8.90. The number of thioether (sulfide) groups is 1. The van der Waals surface area contributed by atoms with Gasteiger partial charge in [0.25, 0.3) is 0 Å². The average Bonchev–Trinajstić information content (AvgIpc) is 3.47. The third kappa shape index (κ3) is 5.61. The Bertz CT molecular complexity index is 2470. The van der Waals surface area contributed by atoms with Crippen molar-refractivity contribution in [1.29, 1.82) is 0 Å². The van der Waals surface area contributed by atoms with Gasteiger partial charge in [-0.2, -0.15) is 0 Å². The Morgan fingerprint density at radius 2 is 1.25 bits per heavy atom. The summed E-state index contributed by atoms with van der Waals surface area (Å²) < 4.78 is 0. The van der Waals surface area contributed by atoms with Gasteiger partial charge in [0.05, 0.1) is 5.69 Å². The topological polar surface area (TPSA) is 3.24 Å². The van der Waals surface area contributed by atoms with Gasteiger partial charge in [0, 0.05) is 33.0 Å². The highest BCUT2D eigenvalue weighted by Crippen LogP contribution is 2.52. The van der Waals surface area contributed by atoms with Gasteiger partial charge >= 0.3 is 0 Å². The number of hydrogen-bond donors (Lipinski definition) is 0. The van der Waals surface area contributed by atoms with Gasteiger partial charge in [-0.1, -0.05) is 147 Å². The standard InChI is InChI=1S/C49H39NS/c1-49(2)44-20-12-11-19-42(44)43-28-27-40(33-45(43)49)50(39-25-21-35(22-26-39)34-14-7-5-8-15-34)46-29-23-36-16-9-10-18-41(36)48(46)38-24-30-47-37(32-38)17-6-3-4-13-31-51-47/h3-16,18-30,32-33H,17,31H2,1-2H3/b6-3-,13-4-. The lowest BCUT2D eigenvalue weighted by Gasteiger charge is -2.30. The van der Waals surface area contributed by atoms with E-state index in [1.54, 1.807) is 0 Å². The SMILES string of the molecule is CC1(C)c2ccccc2-c2ccc(N(c3ccc(-c4ccccc4)cc3)c3ccc4ccccc4c3-c3ccc4c(c3)C/C=C\C=C/CS4)cc21. The van der Waals surface area contributed by atoms with Crippen LogP contribution in [0.15, 0.2) is 181 Å². The molecule has 2 aliphatic rings. The third-order valence-corrected chi connectivity index (χ3v) is 11.7. The Kier molecular flexibility index (Phi) is 7.98. The molecule has 1 aliphatic heterocycles. The first-order chi connectivity index (χ1) is 25.1. The summed E-state index contributed by atoms with van der Waals surface area (Å²) in [6, 6.07) is 56.3. The minimum atomic E-state index is -0.106. The molecule has 0 spiro atoms. The normalized spacial score (nSPS) is 15.5. The van der Waals surface area contributed by atoms with Crippen LogP contribution in [0.1, 0.15) is 30.5 Å². The first-order valence-corrected chi connectivity index (χ1v) is 18.8. The number of fused-ring (bicyclic) bond motifs is 5. The van der Waals surface area contributed by atoms with Crippen molar-refractivity contribution in [3.05, 3.63) is 193 Å². The van der Waals surface area contributed by atoms with Crippen molar-refractivity contribution in [1.82, 2.24) is 0 Å². The molecular weight excluding hydrogens is 635 g/mol. The van der Waals surface area contributed by atoms with Gasteiger partial charge in [0.2, 0.25) is 0 Å². The van der Waals surface area contributed by atoms with Crippen molar-refractivity contribution in [2.24, 2.45) is 0 Å². The van der Waals surface area contributed by atoms with Crippen LogP contribution in [-0.4, -0.2) is 5.75 Å². The lowest BCUT2D eigenvalue weighted by molar-refractivity contribution is 0.660. The second kappa shape index (κ2) is 13.0. The zero-order valence-corrected chi connectivity index (χ0v) is 29.8. The fourth-order valence-electron chi connectivity index (χ4n) is 8.02. The molecule has 0 unspecified atom stereocenters. The number of benzene rings is 7. The summed E-state index contributed by atoms with van der Waals surface area (Å²) in [6.45, 7) is 4.73. The largest absolute Gasteiger partial charge is 0.310 e. The summed E-state index contributed by atoms with van der Waals surface area (Å²) in [5.41, 5.74) is 15.1. The van der Waals surface area contributed by atoms with Gasteiger partial charge in [0.15, 0.2) is 0 Å². The van der Waals surface area contributed by atoms with E-state index in [9.17, 15) is 0 Å². The Hall–Kier alpha value is -5.57. The zero-order valence-electron chi connectivity index (χ0n) is 29.0. The van der Waals surface area contributed by atoms with Gasteiger partial charge in [-0.3, -0.25) is 0 Å². The smallest absolute Gasteiger partial charge is 0.0546 e. The van der Waals surface area contributed by atoms with Crippen molar-refractivity contribution in [2.75, 3.05) is 10.7 Å². The summed E-state index contributed by atoms with van der Waals surface area (Å²) in [7, 11) is 0. The van der Waals surface area contributed by atoms with Crippen molar-refractivity contribution in [3.63, 3.8) is 0 Å². The Labute approximate surface area is 305 Å². The minimum Gasteiger partial charge on any atom is -0.310 e. The molecule has 0 amide bonds. The molecule has 1 heterocycles. The van der Waals surface area contributed by atoms with Crippen molar-refractivity contribution >= 4 is 39.6 Å². The monoisotopic (exact) mass is 673 g/mol. The van der Waals surface area contributed by atoms with Gasteiger partial charge in [-0.25, -0.2) is 0 Å². The van der Waals surface area contributed by atoms with Crippen LogP contribution < -0.4 is 4.90 Å². The highest BCUT2D eigenvalue weighted by molar-refractivity contribution is 7.99. The van der Waals surface area contributed by atoms with Crippen molar-refractivity contribution in [3.8, 4) is 33.4 Å². The van der Waals surface area contributed by atoms with Crippen LogP contribution in [0.5, 0.6) is 0 Å². The molecule has 0 fully saturated rings. The molecule has 7 aromatic carbocycles. The molecule has 1 nitrogen and oxygen atoms in total. The van der Waals surface area contributed by atoms with Crippen LogP contribution in [0.25, 0.3) is 44.2 Å². The lowest BCUT2D eigenvalue weighted by atomic mass is 9.82. The quantitative estimate of drug-likeness (QED) is 0.179. The summed E-state index contributed by atoms with van der Waals surface area (Å²) in [5, 5.41) is 2.49. The number of allylic oxidation sites excluding steroid dienone is 3. The molecule has 0 N–H and O–H groups in total. The summed E-state index contributed by atoms with van der Waals surface area (Å²) in [6.07, 6.45) is 9.77. The van der Waals surface area contributed by atoms with E-state index in [1.807, 2.05) is 11.8 Å². The van der Waals surface area contributed by atoms with E-state index in [1.165, 1.54) is 71.4 Å². The molecule has 1 aliphatic carbocycles. The van der Waals surface area contributed by atoms with E-state index in [0.29, 0.717) is 0 Å². The summed E-state index contributed by atoms with van der Waals surface area (Å²) >= 11 is 1.92. The zero-order chi connectivity index (χ0) is 34.4. The maximum atomic E-state index is 2.48. The number of anilines is 3. The van der Waals surface area contributed by atoms with E-state index in [0.717, 1.165) is 23.5 Å². The predicted octanol–water partition coefficient (Wildman–Crippen LogP) is 13.7. The lowest BCUT2D eigenvalue weighted by Crippen LogP contribution is -2.17. The van der Waals surface area contributed by atoms with Crippen LogP contribution >= 0.6 is 11.8 Å². The Morgan fingerprint density at radius 1 is 0.549 bits per heavy atom. The summed E-state index contributed by atoms with van der Waals surface area (Å²) in [5.74, 6) is 0.974. The maximum Gasteiger partial charge on any atom is 0.0546 e. The van der Waals surface area contributed by atoms with Crippen molar-refractivity contribution < 1.29 is 0 Å². The number of rotatable bonds is 5. The van der Waals surface area contributed by atoms with Crippen LogP contribution in [0.2, 0.25) is 0 Å². The second-order valence-corrected chi connectivity index (χ2v) is 15.1.